The molecule has 4 fully saturated rings. The van der Waals surface area contributed by atoms with Crippen LogP contribution in [0.4, 0.5) is 0 Å². The second-order valence-corrected chi connectivity index (χ2v) is 15.8. The Morgan fingerprint density at radius 1 is 0.804 bits per heavy atom. The molecular weight excluding hydrogens is 568 g/mol. The van der Waals surface area contributed by atoms with Crippen molar-refractivity contribution >= 4 is 17.5 Å². The highest BCUT2D eigenvalue weighted by molar-refractivity contribution is 5.79. The molecule has 0 aliphatic heterocycles. The molecule has 0 heterocycles. The Hall–Kier alpha value is -2.88. The van der Waals surface area contributed by atoms with E-state index in [0.717, 1.165) is 32.1 Å². The lowest BCUT2D eigenvalue weighted by atomic mass is 9.41. The maximum atomic E-state index is 12.7. The van der Waals surface area contributed by atoms with Crippen LogP contribution in [0.1, 0.15) is 110 Å². The summed E-state index contributed by atoms with van der Waals surface area (Å²) in [6.07, 6.45) is 12.4. The van der Waals surface area contributed by atoms with E-state index in [0.29, 0.717) is 41.4 Å². The number of carbonyl (C=O) groups is 2. The van der Waals surface area contributed by atoms with Gasteiger partial charge in [-0.3, -0.25) is 9.59 Å². The zero-order valence-corrected chi connectivity index (χ0v) is 29.0. The minimum absolute atomic E-state index is 0.0190. The summed E-state index contributed by atoms with van der Waals surface area (Å²) in [5.74, 6) is 3.09. The molecule has 0 N–H and O–H groups in total. The quantitative estimate of drug-likeness (QED) is 0.274. The number of fused-ring (bicyclic) bond motifs is 5. The van der Waals surface area contributed by atoms with Gasteiger partial charge in [0.2, 0.25) is 0 Å². The molecule has 0 amide bonds. The Kier molecular flexibility index (Phi) is 9.57. The van der Waals surface area contributed by atoms with Gasteiger partial charge < -0.3 is 9.47 Å². The van der Waals surface area contributed by atoms with Gasteiger partial charge in [-0.2, -0.15) is 0 Å². The molecule has 6 rings (SSSR count). The summed E-state index contributed by atoms with van der Waals surface area (Å²) in [7, 11) is 0. The smallest absolute Gasteiger partial charge is 0.302 e. The monoisotopic (exact) mass is 624 g/mol. The largest absolute Gasteiger partial charge is 0.463 e. The number of hydrogen-bond acceptors (Lipinski definition) is 4. The molecule has 46 heavy (non-hydrogen) atoms. The zero-order valence-electron chi connectivity index (χ0n) is 29.0. The van der Waals surface area contributed by atoms with Gasteiger partial charge in [0.1, 0.15) is 12.2 Å². The predicted molar refractivity (Wildman–Crippen MR) is 185 cm³/mol. The van der Waals surface area contributed by atoms with Gasteiger partial charge in [0.25, 0.3) is 0 Å². The number of carbonyl (C=O) groups excluding carboxylic acids is 2. The van der Waals surface area contributed by atoms with Gasteiger partial charge in [0.05, 0.1) is 0 Å². The normalized spacial score (nSPS) is 37.2. The van der Waals surface area contributed by atoms with Crippen molar-refractivity contribution in [2.24, 2.45) is 52.3 Å². The molecule has 0 aromatic heterocycles. The molecule has 4 nitrogen and oxygen atoms in total. The van der Waals surface area contributed by atoms with Crippen molar-refractivity contribution in [1.82, 2.24) is 0 Å². The molecular formula is C42H56O4. The maximum Gasteiger partial charge on any atom is 0.302 e. The first kappa shape index (κ1) is 33.0. The fourth-order valence-electron chi connectivity index (χ4n) is 11.7. The van der Waals surface area contributed by atoms with Crippen LogP contribution in [0.5, 0.6) is 0 Å². The minimum atomic E-state index is -0.180. The van der Waals surface area contributed by atoms with E-state index in [9.17, 15) is 9.59 Å². The van der Waals surface area contributed by atoms with Gasteiger partial charge in [0, 0.05) is 19.8 Å². The minimum Gasteiger partial charge on any atom is -0.463 e. The van der Waals surface area contributed by atoms with Crippen molar-refractivity contribution in [3.8, 4) is 0 Å². The Balaban J connectivity index is 1.28. The van der Waals surface area contributed by atoms with E-state index >= 15 is 0 Å². The molecule has 4 aliphatic carbocycles. The molecule has 4 saturated carbocycles. The van der Waals surface area contributed by atoms with Gasteiger partial charge in [-0.15, -0.1) is 0 Å². The lowest BCUT2D eigenvalue weighted by Crippen LogP contribution is -2.63. The summed E-state index contributed by atoms with van der Waals surface area (Å²) in [6, 6.07) is 21.7. The Labute approximate surface area is 277 Å². The van der Waals surface area contributed by atoms with E-state index in [1.54, 1.807) is 6.92 Å². The summed E-state index contributed by atoms with van der Waals surface area (Å²) >= 11 is 0. The summed E-state index contributed by atoms with van der Waals surface area (Å²) in [5, 5.41) is 0. The van der Waals surface area contributed by atoms with Gasteiger partial charge in [0.15, 0.2) is 0 Å². The van der Waals surface area contributed by atoms with Crippen LogP contribution in [0, 0.1) is 52.3 Å². The fourth-order valence-corrected chi connectivity index (χ4v) is 11.7. The Morgan fingerprint density at radius 2 is 1.39 bits per heavy atom. The van der Waals surface area contributed by atoms with E-state index in [2.05, 4.69) is 94.4 Å². The van der Waals surface area contributed by atoms with E-state index in [1.807, 2.05) is 0 Å². The second kappa shape index (κ2) is 13.3. The SMILES string of the molecule is CC[C@H]1[C@@H](OC(C)=O)[C@@H]2[C@H](CC[C@]3(C)[C@@H]([C@H](C)CC=C(c4ccccc4)c4ccccc4)CC[C@@H]23)[C@@]2(C)CC[C@@H](OC(C)=O)C[C@@H]12. The topological polar surface area (TPSA) is 52.6 Å². The van der Waals surface area contributed by atoms with E-state index < -0.39 is 0 Å². The number of allylic oxidation sites excluding steroid dienone is 1. The number of hydrogen-bond donors (Lipinski definition) is 0. The lowest BCUT2D eigenvalue weighted by molar-refractivity contribution is -0.219. The Bertz CT molecular complexity index is 1360. The van der Waals surface area contributed by atoms with Crippen LogP contribution in [-0.4, -0.2) is 24.1 Å². The first-order chi connectivity index (χ1) is 22.1. The third kappa shape index (κ3) is 5.99. The van der Waals surface area contributed by atoms with Crippen molar-refractivity contribution in [3.05, 3.63) is 77.9 Å². The van der Waals surface area contributed by atoms with Crippen LogP contribution in [0.15, 0.2) is 66.7 Å². The summed E-state index contributed by atoms with van der Waals surface area (Å²) in [4.78, 5) is 24.6. The standard InChI is InChI=1S/C42H56O4/c1-7-33-38-26-32(45-28(3)43)22-24-42(38,6)37-23-25-41(5)35(20-21-36(41)39(37)40(33)46-29(4)44)27(2)18-19-34(30-14-10-8-11-15-30)31-16-12-9-13-17-31/h8-17,19,27,32-33,35-40H,7,18,20-26H2,1-6H3/t27-,32-,33-,35-,36+,37+,38+,39+,40-,41-,42-/m1/s1. The molecule has 4 heteroatoms. The predicted octanol–water partition coefficient (Wildman–Crippen LogP) is 9.91. The van der Waals surface area contributed by atoms with E-state index in [-0.39, 0.29) is 35.0 Å². The highest BCUT2D eigenvalue weighted by Crippen LogP contribution is 2.70. The van der Waals surface area contributed by atoms with Gasteiger partial charge in [-0.25, -0.2) is 0 Å². The zero-order chi connectivity index (χ0) is 32.6. The van der Waals surface area contributed by atoms with Crippen LogP contribution in [0.3, 0.4) is 0 Å². The third-order valence-corrected chi connectivity index (χ3v) is 13.6. The van der Waals surface area contributed by atoms with Crippen LogP contribution in [0.25, 0.3) is 5.57 Å². The summed E-state index contributed by atoms with van der Waals surface area (Å²) in [5.41, 5.74) is 4.31. The van der Waals surface area contributed by atoms with Gasteiger partial charge in [-0.1, -0.05) is 94.4 Å². The summed E-state index contributed by atoms with van der Waals surface area (Å²) in [6.45, 7) is 13.0. The molecule has 0 radical (unpaired) electrons. The second-order valence-electron chi connectivity index (χ2n) is 15.8. The van der Waals surface area contributed by atoms with Crippen molar-refractivity contribution in [2.75, 3.05) is 0 Å². The van der Waals surface area contributed by atoms with Crippen LogP contribution >= 0.6 is 0 Å². The van der Waals surface area contributed by atoms with Crippen molar-refractivity contribution < 1.29 is 19.1 Å². The molecule has 0 saturated heterocycles. The van der Waals surface area contributed by atoms with Crippen LogP contribution < -0.4 is 0 Å². The van der Waals surface area contributed by atoms with Crippen LogP contribution in [0.2, 0.25) is 0 Å². The van der Waals surface area contributed by atoms with Crippen molar-refractivity contribution in [1.29, 1.82) is 0 Å². The van der Waals surface area contributed by atoms with Gasteiger partial charge >= 0.3 is 11.9 Å². The molecule has 2 aromatic rings. The first-order valence-corrected chi connectivity index (χ1v) is 18.2. The average molecular weight is 625 g/mol. The number of ether oxygens (including phenoxy) is 2. The van der Waals surface area contributed by atoms with Crippen molar-refractivity contribution in [2.45, 2.75) is 112 Å². The Morgan fingerprint density at radius 3 is 1.98 bits per heavy atom. The molecule has 248 valence electrons. The molecule has 0 bridgehead atoms. The number of benzene rings is 2. The summed E-state index contributed by atoms with van der Waals surface area (Å²) < 4.78 is 12.2. The highest BCUT2D eigenvalue weighted by atomic mass is 16.5. The maximum absolute atomic E-state index is 12.7. The van der Waals surface area contributed by atoms with Crippen molar-refractivity contribution in [3.63, 3.8) is 0 Å². The molecule has 0 unspecified atom stereocenters. The van der Waals surface area contributed by atoms with Gasteiger partial charge in [-0.05, 0) is 121 Å². The molecule has 4 aliphatic rings. The van der Waals surface area contributed by atoms with E-state index in [1.165, 1.54) is 49.3 Å². The highest BCUT2D eigenvalue weighted by Gasteiger charge is 2.66. The molecule has 11 atom stereocenters. The van der Waals surface area contributed by atoms with E-state index in [4.69, 9.17) is 9.47 Å². The number of rotatable bonds is 8. The van der Waals surface area contributed by atoms with Crippen LogP contribution in [-0.2, 0) is 19.1 Å². The first-order valence-electron chi connectivity index (χ1n) is 18.2. The third-order valence-electron chi connectivity index (χ3n) is 13.6. The molecule has 2 aromatic carbocycles. The molecule has 0 spiro atoms. The lowest BCUT2D eigenvalue weighted by Gasteiger charge is -2.65. The average Bonchev–Trinajstić information content (AvgIpc) is 3.39. The fraction of sp³-hybridized carbons (Fsp3) is 0.619. The number of esters is 2.